The fourth-order valence-electron chi connectivity index (χ4n) is 15.5. The van der Waals surface area contributed by atoms with Crippen LogP contribution in [0.5, 0.6) is 0 Å². The maximum Gasteiger partial charge on any atom is 0.335 e. The highest BCUT2D eigenvalue weighted by Gasteiger charge is 2.70. The molecule has 0 spiro atoms. The van der Waals surface area contributed by atoms with Crippen LogP contribution in [-0.4, -0.2) is 150 Å². The molecule has 3 heterocycles. The number of aliphatic hydroxyl groups excluding tert-OH is 5. The number of carbonyl (C=O) groups is 4. The molecular weight excluding hydrogens is 921 g/mol. The number of rotatable bonds is 12. The van der Waals surface area contributed by atoms with Crippen molar-refractivity contribution in [1.29, 1.82) is 0 Å². The van der Waals surface area contributed by atoms with Gasteiger partial charge in [0.15, 0.2) is 30.6 Å². The number of benzene rings is 1. The molecule has 1 aromatic heterocycles. The number of carbonyl (C=O) groups excluding carboxylic acids is 1. The van der Waals surface area contributed by atoms with Gasteiger partial charge in [0.25, 0.3) is 0 Å². The number of carboxylic acid groups (broad SMARTS) is 3. The van der Waals surface area contributed by atoms with Crippen molar-refractivity contribution in [2.75, 3.05) is 6.54 Å². The van der Waals surface area contributed by atoms with Gasteiger partial charge in [-0.25, -0.2) is 9.59 Å². The van der Waals surface area contributed by atoms with E-state index in [1.165, 1.54) is 5.57 Å². The Morgan fingerprint density at radius 2 is 1.42 bits per heavy atom. The van der Waals surface area contributed by atoms with Crippen LogP contribution >= 0.6 is 0 Å². The number of ketones is 1. The molecule has 9 rings (SSSR count). The second-order valence-corrected chi connectivity index (χ2v) is 24.4. The lowest BCUT2D eigenvalue weighted by atomic mass is 9.33. The van der Waals surface area contributed by atoms with Crippen LogP contribution in [0.3, 0.4) is 0 Å². The lowest BCUT2D eigenvalue weighted by Gasteiger charge is -2.70. The molecule has 71 heavy (non-hydrogen) atoms. The summed E-state index contributed by atoms with van der Waals surface area (Å²) >= 11 is 0. The number of aromatic amines is 1. The Morgan fingerprint density at radius 3 is 2.10 bits per heavy atom. The highest BCUT2D eigenvalue weighted by molar-refractivity contribution is 5.95. The first-order valence-corrected chi connectivity index (χ1v) is 25.4. The number of para-hydroxylation sites is 1. The number of fused-ring (bicyclic) bond motifs is 8. The molecule has 18 heteroatoms. The molecule has 392 valence electrons. The summed E-state index contributed by atoms with van der Waals surface area (Å²) in [5, 5.41) is 88.3. The molecule has 2 aromatic rings. The van der Waals surface area contributed by atoms with Crippen LogP contribution in [0.1, 0.15) is 112 Å². The van der Waals surface area contributed by atoms with E-state index in [-0.39, 0.29) is 39.8 Å². The van der Waals surface area contributed by atoms with Gasteiger partial charge in [-0.15, -0.1) is 0 Å². The van der Waals surface area contributed by atoms with Crippen molar-refractivity contribution in [3.63, 3.8) is 0 Å². The van der Waals surface area contributed by atoms with Crippen molar-refractivity contribution in [1.82, 2.24) is 10.3 Å². The first-order chi connectivity index (χ1) is 33.2. The second-order valence-electron chi connectivity index (χ2n) is 24.4. The van der Waals surface area contributed by atoms with Gasteiger partial charge in [0.2, 0.25) is 0 Å². The number of ether oxygens (including phenoxy) is 4. The summed E-state index contributed by atoms with van der Waals surface area (Å²) in [6, 6.07) is 7.12. The molecule has 10 N–H and O–H groups in total. The fourth-order valence-corrected chi connectivity index (χ4v) is 15.5. The van der Waals surface area contributed by atoms with Gasteiger partial charge in [-0.2, -0.15) is 0 Å². The van der Waals surface area contributed by atoms with Crippen LogP contribution < -0.4 is 5.32 Å². The zero-order valence-electron chi connectivity index (χ0n) is 41.7. The Balaban J connectivity index is 0.948. The zero-order valence-corrected chi connectivity index (χ0v) is 41.7. The molecule has 0 bridgehead atoms. The maximum atomic E-state index is 15.3. The normalized spacial score (nSPS) is 45.6. The predicted octanol–water partition coefficient (Wildman–Crippen LogP) is 3.93. The lowest BCUT2D eigenvalue weighted by Crippen LogP contribution is -2.68. The first kappa shape index (κ1) is 52.1. The fraction of sp³-hybridized carbons (Fsp3) is 0.736. The summed E-state index contributed by atoms with van der Waals surface area (Å²) in [4.78, 5) is 55.4. The van der Waals surface area contributed by atoms with Crippen LogP contribution in [0.4, 0.5) is 0 Å². The van der Waals surface area contributed by atoms with E-state index in [9.17, 15) is 55.2 Å². The summed E-state index contributed by atoms with van der Waals surface area (Å²) in [5.74, 6) is -4.35. The third-order valence-electron chi connectivity index (χ3n) is 20.0. The van der Waals surface area contributed by atoms with Crippen molar-refractivity contribution in [3.8, 4) is 0 Å². The van der Waals surface area contributed by atoms with Crippen molar-refractivity contribution >= 4 is 34.6 Å². The SMILES string of the molecule is CC1(C)[C@@H](O[C@@H]2O[C@H](C(=O)O)[C@@H](O)[C@H](O)[C@H]2O[C@@H]2O[C@H](C(=O)O)[C@@H](O)[C@H](O)[C@H]2O)CC[C@]2(C)[C@H]3C(=O)C=C4[C@@H]5C[C@@](C)(CN[C@@H](Cc6c[nH]c7ccccc67)C(=O)O)CC[C@]5(C)CC[C@@]4(C)[C@]3(C)CC[C@@H]12. The Bertz CT molecular complexity index is 2440. The average molecular weight is 995 g/mol. The summed E-state index contributed by atoms with van der Waals surface area (Å²) in [6.45, 7) is 16.1. The van der Waals surface area contributed by atoms with Crippen LogP contribution in [0.2, 0.25) is 0 Å². The molecule has 2 saturated heterocycles. The highest BCUT2D eigenvalue weighted by Crippen LogP contribution is 2.75. The van der Waals surface area contributed by atoms with Crippen LogP contribution in [0, 0.1) is 50.2 Å². The van der Waals surface area contributed by atoms with Gasteiger partial charge in [-0.3, -0.25) is 9.59 Å². The van der Waals surface area contributed by atoms with Gasteiger partial charge in [0, 0.05) is 36.0 Å². The molecule has 2 aliphatic heterocycles. The van der Waals surface area contributed by atoms with Crippen molar-refractivity contribution in [3.05, 3.63) is 47.7 Å². The van der Waals surface area contributed by atoms with Crippen LogP contribution in [-0.2, 0) is 44.5 Å². The number of carboxylic acids is 3. The van der Waals surface area contributed by atoms with E-state index in [0.717, 1.165) is 61.4 Å². The molecule has 4 saturated carbocycles. The standard InChI is InChI=1S/C53H74N2O16/c1-48(2)32-12-15-53(7)42(51(32,5)14-13-33(48)68-47-41(37(60)36(59)40(70-47)45(66)67)71-46-38(61)34(57)35(58)39(69-46)44(64)65)31(56)21-27-28-22-49(3,16-17-50(28,4)18-19-52(27,53)6)24-55-30(43(62)63)20-25-23-54-29-11-9-8-10-26(25)29/h8-11,21,23,28,30,32-42,46-47,54-55,57-61H,12-20,22,24H2,1-7H3,(H,62,63)(H,64,65)(H,66,67)/t28-,30-,32-,33-,34-,35-,36-,37-,38+,39-,40-,41+,42+,46-,47+,49-,50+,51-,52+,53+/m0/s1. The van der Waals surface area contributed by atoms with Crippen molar-refractivity contribution in [2.24, 2.45) is 50.2 Å². The van der Waals surface area contributed by atoms with E-state index >= 15 is 4.79 Å². The molecule has 0 amide bonds. The topological polar surface area (TPSA) is 295 Å². The summed E-state index contributed by atoms with van der Waals surface area (Å²) in [5.41, 5.74) is 0.995. The molecule has 6 fully saturated rings. The van der Waals surface area contributed by atoms with Gasteiger partial charge in [-0.05, 0) is 120 Å². The summed E-state index contributed by atoms with van der Waals surface area (Å²) < 4.78 is 23.6. The minimum absolute atomic E-state index is 0.0185. The number of H-pyrrole nitrogens is 1. The van der Waals surface area contributed by atoms with Gasteiger partial charge in [0.1, 0.15) is 42.7 Å². The zero-order chi connectivity index (χ0) is 51.5. The van der Waals surface area contributed by atoms with Crippen molar-refractivity contribution in [2.45, 2.75) is 186 Å². The van der Waals surface area contributed by atoms with E-state index in [4.69, 9.17) is 18.9 Å². The Kier molecular flexibility index (Phi) is 13.4. The number of aliphatic hydroxyl groups is 5. The minimum atomic E-state index is -2.05. The number of allylic oxidation sites excluding steroid dienone is 2. The smallest absolute Gasteiger partial charge is 0.335 e. The van der Waals surface area contributed by atoms with E-state index in [1.807, 2.05) is 50.4 Å². The molecule has 0 radical (unpaired) electrons. The van der Waals surface area contributed by atoms with E-state index < -0.39 is 108 Å². The van der Waals surface area contributed by atoms with Gasteiger partial charge in [-0.1, -0.05) is 72.2 Å². The summed E-state index contributed by atoms with van der Waals surface area (Å²) in [7, 11) is 0. The number of nitrogens with one attached hydrogen (secondary N) is 2. The molecule has 18 nitrogen and oxygen atoms in total. The molecular formula is C53H74N2O16. The predicted molar refractivity (Wildman–Crippen MR) is 253 cm³/mol. The third kappa shape index (κ3) is 8.40. The minimum Gasteiger partial charge on any atom is -0.480 e. The van der Waals surface area contributed by atoms with E-state index in [2.05, 4.69) is 44.9 Å². The molecule has 20 atom stereocenters. The number of hydrogen-bond donors (Lipinski definition) is 10. The molecule has 0 unspecified atom stereocenters. The van der Waals surface area contributed by atoms with Gasteiger partial charge >= 0.3 is 17.9 Å². The Morgan fingerprint density at radius 1 is 0.775 bits per heavy atom. The third-order valence-corrected chi connectivity index (χ3v) is 20.0. The lowest BCUT2D eigenvalue weighted by molar-refractivity contribution is -0.371. The van der Waals surface area contributed by atoms with Gasteiger partial charge in [0.05, 0.1) is 6.10 Å². The Labute approximate surface area is 413 Å². The molecule has 5 aliphatic carbocycles. The number of aromatic nitrogens is 1. The van der Waals surface area contributed by atoms with Crippen LogP contribution in [0.25, 0.3) is 10.9 Å². The second kappa shape index (κ2) is 18.2. The number of hydrogen-bond acceptors (Lipinski definition) is 14. The molecule has 1 aromatic carbocycles. The summed E-state index contributed by atoms with van der Waals surface area (Å²) in [6.07, 6.45) is -8.96. The van der Waals surface area contributed by atoms with Crippen LogP contribution in [0.15, 0.2) is 42.1 Å². The first-order valence-electron chi connectivity index (χ1n) is 25.4. The average Bonchev–Trinajstić information content (AvgIpc) is 3.71. The highest BCUT2D eigenvalue weighted by atomic mass is 16.8. The largest absolute Gasteiger partial charge is 0.480 e. The number of aliphatic carboxylic acids is 3. The molecule has 7 aliphatic rings. The Hall–Kier alpha value is -3.82. The monoisotopic (exact) mass is 995 g/mol. The van der Waals surface area contributed by atoms with Gasteiger partial charge < -0.3 is 70.1 Å². The quantitative estimate of drug-likeness (QED) is 0.135. The van der Waals surface area contributed by atoms with E-state index in [0.29, 0.717) is 25.8 Å². The van der Waals surface area contributed by atoms with E-state index in [1.54, 1.807) is 0 Å². The maximum absolute atomic E-state index is 15.3. The van der Waals surface area contributed by atoms with Crippen molar-refractivity contribution < 1.29 is 79.0 Å².